The quantitative estimate of drug-likeness (QED) is 0.769. The normalized spacial score (nSPS) is 17.4. The lowest BCUT2D eigenvalue weighted by molar-refractivity contribution is 0.137. The molecule has 0 saturated carbocycles. The molecule has 0 radical (unpaired) electrons. The van der Waals surface area contributed by atoms with Gasteiger partial charge in [0.1, 0.15) is 17.1 Å². The first-order chi connectivity index (χ1) is 6.52. The van der Waals surface area contributed by atoms with E-state index in [1.807, 2.05) is 12.1 Å². The fraction of sp³-hybridized carbons (Fsp3) is 0.455. The monoisotopic (exact) mass is 256 g/mol. The van der Waals surface area contributed by atoms with Gasteiger partial charge in [-0.25, -0.2) is 0 Å². The summed E-state index contributed by atoms with van der Waals surface area (Å²) in [5.41, 5.74) is 1.11. The van der Waals surface area contributed by atoms with Crippen LogP contribution in [0.1, 0.15) is 19.4 Å². The number of halogens is 1. The Morgan fingerprint density at radius 2 is 2.14 bits per heavy atom. The van der Waals surface area contributed by atoms with Gasteiger partial charge >= 0.3 is 0 Å². The molecule has 1 heterocycles. The number of methoxy groups -OCH3 is 1. The largest absolute Gasteiger partial charge is 0.497 e. The molecule has 0 spiro atoms. The molecular formula is C11H13BrO2. The van der Waals surface area contributed by atoms with E-state index in [9.17, 15) is 0 Å². The molecule has 0 fully saturated rings. The van der Waals surface area contributed by atoms with Gasteiger partial charge < -0.3 is 9.47 Å². The highest BCUT2D eigenvalue weighted by molar-refractivity contribution is 9.10. The zero-order valence-corrected chi connectivity index (χ0v) is 10.1. The van der Waals surface area contributed by atoms with E-state index < -0.39 is 0 Å². The molecule has 0 unspecified atom stereocenters. The van der Waals surface area contributed by atoms with Crippen molar-refractivity contribution in [2.75, 3.05) is 7.11 Å². The van der Waals surface area contributed by atoms with Crippen LogP contribution in [0.25, 0.3) is 0 Å². The molecule has 2 rings (SSSR count). The standard InChI is InChI=1S/C11H13BrO2/c1-11(2)6-7-4-8(13-3)5-9(12)10(7)14-11/h4-5H,6H2,1-3H3. The van der Waals surface area contributed by atoms with Crippen molar-refractivity contribution in [3.63, 3.8) is 0 Å². The Bertz CT molecular complexity index is 372. The average molecular weight is 257 g/mol. The molecule has 0 bridgehead atoms. The Morgan fingerprint density at radius 1 is 1.43 bits per heavy atom. The van der Waals surface area contributed by atoms with Gasteiger partial charge in [-0.15, -0.1) is 0 Å². The summed E-state index contributed by atoms with van der Waals surface area (Å²) in [6, 6.07) is 3.97. The minimum absolute atomic E-state index is 0.1000. The predicted molar refractivity (Wildman–Crippen MR) is 59.1 cm³/mol. The number of ether oxygens (including phenoxy) is 2. The lowest BCUT2D eigenvalue weighted by atomic mass is 10.0. The van der Waals surface area contributed by atoms with Crippen LogP contribution >= 0.6 is 15.9 Å². The summed E-state index contributed by atoms with van der Waals surface area (Å²) in [5.74, 6) is 1.83. The highest BCUT2D eigenvalue weighted by Crippen LogP contribution is 2.42. The van der Waals surface area contributed by atoms with Gasteiger partial charge in [0.15, 0.2) is 0 Å². The summed E-state index contributed by atoms with van der Waals surface area (Å²) in [4.78, 5) is 0. The van der Waals surface area contributed by atoms with Crippen molar-refractivity contribution in [1.82, 2.24) is 0 Å². The number of hydrogen-bond donors (Lipinski definition) is 0. The molecule has 14 heavy (non-hydrogen) atoms. The summed E-state index contributed by atoms with van der Waals surface area (Å²) < 4.78 is 12.0. The maximum atomic E-state index is 5.82. The van der Waals surface area contributed by atoms with Crippen molar-refractivity contribution in [3.8, 4) is 11.5 Å². The molecule has 1 aromatic rings. The zero-order valence-electron chi connectivity index (χ0n) is 8.56. The van der Waals surface area contributed by atoms with Gasteiger partial charge in [-0.1, -0.05) is 0 Å². The van der Waals surface area contributed by atoms with Gasteiger partial charge in [0.05, 0.1) is 11.6 Å². The minimum atomic E-state index is -0.1000. The van der Waals surface area contributed by atoms with Crippen molar-refractivity contribution in [2.45, 2.75) is 25.9 Å². The van der Waals surface area contributed by atoms with Crippen molar-refractivity contribution < 1.29 is 9.47 Å². The molecule has 1 aliphatic rings. The van der Waals surface area contributed by atoms with Gasteiger partial charge in [0.2, 0.25) is 0 Å². The van der Waals surface area contributed by atoms with Crippen LogP contribution in [0.15, 0.2) is 16.6 Å². The third-order valence-corrected chi connectivity index (χ3v) is 2.91. The molecule has 0 amide bonds. The highest BCUT2D eigenvalue weighted by Gasteiger charge is 2.31. The van der Waals surface area contributed by atoms with Gasteiger partial charge in [-0.3, -0.25) is 0 Å². The first-order valence-corrected chi connectivity index (χ1v) is 5.36. The third-order valence-electron chi connectivity index (χ3n) is 2.32. The predicted octanol–water partition coefficient (Wildman–Crippen LogP) is 3.17. The van der Waals surface area contributed by atoms with E-state index in [-0.39, 0.29) is 5.60 Å². The molecule has 3 heteroatoms. The SMILES string of the molecule is COc1cc(Br)c2c(c1)CC(C)(C)O2. The summed E-state index contributed by atoms with van der Waals surface area (Å²) in [6.07, 6.45) is 0.929. The Morgan fingerprint density at radius 3 is 2.79 bits per heavy atom. The van der Waals surface area contributed by atoms with Crippen LogP contribution < -0.4 is 9.47 Å². The van der Waals surface area contributed by atoms with Crippen LogP contribution in [0.4, 0.5) is 0 Å². The molecule has 1 aromatic carbocycles. The molecule has 0 aromatic heterocycles. The minimum Gasteiger partial charge on any atom is -0.497 e. The van der Waals surface area contributed by atoms with Crippen LogP contribution in [-0.2, 0) is 6.42 Å². The molecule has 76 valence electrons. The lowest BCUT2D eigenvalue weighted by Gasteiger charge is -2.17. The molecule has 0 N–H and O–H groups in total. The van der Waals surface area contributed by atoms with Crippen LogP contribution in [0, 0.1) is 0 Å². The zero-order chi connectivity index (χ0) is 10.3. The molecule has 1 aliphatic heterocycles. The Kier molecular flexibility index (Phi) is 2.22. The van der Waals surface area contributed by atoms with E-state index in [2.05, 4.69) is 29.8 Å². The van der Waals surface area contributed by atoms with E-state index in [1.54, 1.807) is 7.11 Å². The van der Waals surface area contributed by atoms with Crippen molar-refractivity contribution >= 4 is 15.9 Å². The number of benzene rings is 1. The smallest absolute Gasteiger partial charge is 0.137 e. The number of hydrogen-bond acceptors (Lipinski definition) is 2. The van der Waals surface area contributed by atoms with E-state index in [4.69, 9.17) is 9.47 Å². The second-order valence-corrected chi connectivity index (χ2v) is 4.99. The van der Waals surface area contributed by atoms with Crippen LogP contribution in [0.2, 0.25) is 0 Å². The van der Waals surface area contributed by atoms with Crippen molar-refractivity contribution in [1.29, 1.82) is 0 Å². The Labute approximate surface area is 92.3 Å². The lowest BCUT2D eigenvalue weighted by Crippen LogP contribution is -2.24. The van der Waals surface area contributed by atoms with E-state index in [0.29, 0.717) is 0 Å². The van der Waals surface area contributed by atoms with E-state index in [0.717, 1.165) is 22.4 Å². The van der Waals surface area contributed by atoms with Crippen LogP contribution in [-0.4, -0.2) is 12.7 Å². The van der Waals surface area contributed by atoms with Crippen LogP contribution in [0.5, 0.6) is 11.5 Å². The second kappa shape index (κ2) is 3.16. The second-order valence-electron chi connectivity index (χ2n) is 4.14. The van der Waals surface area contributed by atoms with Crippen molar-refractivity contribution in [2.24, 2.45) is 0 Å². The fourth-order valence-corrected chi connectivity index (χ4v) is 2.32. The van der Waals surface area contributed by atoms with Gasteiger partial charge in [0.25, 0.3) is 0 Å². The Hall–Kier alpha value is -0.700. The average Bonchev–Trinajstić information content (AvgIpc) is 2.40. The first kappa shape index (κ1) is 9.84. The topological polar surface area (TPSA) is 18.5 Å². The molecule has 0 atom stereocenters. The van der Waals surface area contributed by atoms with Crippen molar-refractivity contribution in [3.05, 3.63) is 22.2 Å². The highest BCUT2D eigenvalue weighted by atomic mass is 79.9. The van der Waals surface area contributed by atoms with Crippen LogP contribution in [0.3, 0.4) is 0 Å². The molecular weight excluding hydrogens is 244 g/mol. The van der Waals surface area contributed by atoms with Gasteiger partial charge in [-0.05, 0) is 41.9 Å². The summed E-state index contributed by atoms with van der Waals surface area (Å²) >= 11 is 3.49. The number of rotatable bonds is 1. The summed E-state index contributed by atoms with van der Waals surface area (Å²) in [7, 11) is 1.68. The Balaban J connectivity index is 2.47. The number of fused-ring (bicyclic) bond motifs is 1. The molecule has 0 aliphatic carbocycles. The fourth-order valence-electron chi connectivity index (χ4n) is 1.76. The van der Waals surface area contributed by atoms with E-state index >= 15 is 0 Å². The molecule has 2 nitrogen and oxygen atoms in total. The summed E-state index contributed by atoms with van der Waals surface area (Å²) in [6.45, 7) is 4.18. The maximum Gasteiger partial charge on any atom is 0.137 e. The molecule has 0 saturated heterocycles. The first-order valence-electron chi connectivity index (χ1n) is 4.57. The third kappa shape index (κ3) is 1.61. The maximum absolute atomic E-state index is 5.82. The van der Waals surface area contributed by atoms with E-state index in [1.165, 1.54) is 5.56 Å². The van der Waals surface area contributed by atoms with Gasteiger partial charge in [-0.2, -0.15) is 0 Å². The van der Waals surface area contributed by atoms with Gasteiger partial charge in [0, 0.05) is 12.0 Å². The summed E-state index contributed by atoms with van der Waals surface area (Å²) in [5, 5.41) is 0.